The van der Waals surface area contributed by atoms with Gasteiger partial charge in [-0.05, 0) is 42.8 Å². The number of rotatable bonds is 3. The van der Waals surface area contributed by atoms with E-state index in [1.807, 2.05) is 31.2 Å². The van der Waals surface area contributed by atoms with Gasteiger partial charge in [0.25, 0.3) is 5.91 Å². The number of aryl methyl sites for hydroxylation is 1. The molecule has 0 heterocycles. The van der Waals surface area contributed by atoms with E-state index in [9.17, 15) is 4.79 Å². The van der Waals surface area contributed by atoms with Gasteiger partial charge in [0.2, 0.25) is 0 Å². The van der Waals surface area contributed by atoms with Crippen LogP contribution in [0.25, 0.3) is 0 Å². The molecule has 20 heavy (non-hydrogen) atoms. The highest BCUT2D eigenvalue weighted by Gasteiger charge is 2.11. The highest BCUT2D eigenvalue weighted by atomic mass is 16.5. The van der Waals surface area contributed by atoms with Crippen molar-refractivity contribution in [1.82, 2.24) is 4.90 Å². The molecule has 0 aliphatic rings. The van der Waals surface area contributed by atoms with Crippen molar-refractivity contribution in [3.05, 3.63) is 53.6 Å². The Hall–Kier alpha value is -2.49. The first-order chi connectivity index (χ1) is 9.47. The molecule has 104 valence electrons. The molecule has 0 unspecified atom stereocenters. The fourth-order valence-corrected chi connectivity index (χ4v) is 1.84. The molecule has 0 aliphatic heterocycles. The zero-order chi connectivity index (χ0) is 14.7. The van der Waals surface area contributed by atoms with Gasteiger partial charge in [0.05, 0.1) is 5.69 Å². The molecule has 0 spiro atoms. The average Bonchev–Trinajstić information content (AvgIpc) is 2.40. The fraction of sp³-hybridized carbons (Fsp3) is 0.188. The van der Waals surface area contributed by atoms with E-state index in [0.717, 1.165) is 11.3 Å². The molecule has 0 saturated carbocycles. The number of ether oxygens (including phenoxy) is 1. The quantitative estimate of drug-likeness (QED) is 0.872. The predicted octanol–water partition coefficient (Wildman–Crippen LogP) is 3.07. The van der Waals surface area contributed by atoms with E-state index in [1.165, 1.54) is 4.90 Å². The minimum Gasteiger partial charge on any atom is -0.455 e. The van der Waals surface area contributed by atoms with E-state index in [2.05, 4.69) is 0 Å². The van der Waals surface area contributed by atoms with Crippen molar-refractivity contribution in [1.29, 1.82) is 0 Å². The van der Waals surface area contributed by atoms with Crippen molar-refractivity contribution in [3.8, 4) is 11.5 Å². The van der Waals surface area contributed by atoms with E-state index in [4.69, 9.17) is 10.5 Å². The second-order valence-electron chi connectivity index (χ2n) is 4.87. The molecular formula is C16H18N2O2. The fourth-order valence-electron chi connectivity index (χ4n) is 1.84. The highest BCUT2D eigenvalue weighted by molar-refractivity contribution is 5.95. The van der Waals surface area contributed by atoms with E-state index in [-0.39, 0.29) is 5.91 Å². The smallest absolute Gasteiger partial charge is 0.253 e. The maximum atomic E-state index is 11.8. The van der Waals surface area contributed by atoms with Gasteiger partial charge in [0, 0.05) is 19.7 Å². The summed E-state index contributed by atoms with van der Waals surface area (Å²) < 4.78 is 5.74. The molecule has 2 rings (SSSR count). The SMILES string of the molecule is Cc1cccc(Oc2ccc(C(=O)N(C)C)cc2N)c1. The summed E-state index contributed by atoms with van der Waals surface area (Å²) in [4.78, 5) is 13.4. The van der Waals surface area contributed by atoms with Gasteiger partial charge in [0.15, 0.2) is 0 Å². The number of hydrogen-bond acceptors (Lipinski definition) is 3. The molecule has 2 N–H and O–H groups in total. The van der Waals surface area contributed by atoms with Crippen molar-refractivity contribution in [3.63, 3.8) is 0 Å². The predicted molar refractivity (Wildman–Crippen MR) is 80.1 cm³/mol. The summed E-state index contributed by atoms with van der Waals surface area (Å²) in [6, 6.07) is 12.8. The van der Waals surface area contributed by atoms with Crippen molar-refractivity contribution in [2.24, 2.45) is 0 Å². The number of carbonyl (C=O) groups is 1. The lowest BCUT2D eigenvalue weighted by Gasteiger charge is -2.13. The number of nitrogens with zero attached hydrogens (tertiary/aromatic N) is 1. The first kappa shape index (κ1) is 13.9. The summed E-state index contributed by atoms with van der Waals surface area (Å²) in [7, 11) is 3.41. The Morgan fingerprint density at radius 2 is 1.90 bits per heavy atom. The molecule has 4 heteroatoms. The Labute approximate surface area is 118 Å². The highest BCUT2D eigenvalue weighted by Crippen LogP contribution is 2.28. The van der Waals surface area contributed by atoms with Gasteiger partial charge in [-0.1, -0.05) is 12.1 Å². The summed E-state index contributed by atoms with van der Waals surface area (Å²) in [6.07, 6.45) is 0. The zero-order valence-electron chi connectivity index (χ0n) is 11.9. The van der Waals surface area contributed by atoms with Gasteiger partial charge in [-0.25, -0.2) is 0 Å². The van der Waals surface area contributed by atoms with Crippen LogP contribution in [0.5, 0.6) is 11.5 Å². The molecule has 0 bridgehead atoms. The van der Waals surface area contributed by atoms with Crippen LogP contribution in [0, 0.1) is 6.92 Å². The number of benzene rings is 2. The standard InChI is InChI=1S/C16H18N2O2/c1-11-5-4-6-13(9-11)20-15-8-7-12(10-14(15)17)16(19)18(2)3/h4-10H,17H2,1-3H3. The molecule has 0 aliphatic carbocycles. The maximum Gasteiger partial charge on any atom is 0.253 e. The van der Waals surface area contributed by atoms with Crippen LogP contribution in [-0.2, 0) is 0 Å². The first-order valence-corrected chi connectivity index (χ1v) is 6.33. The molecule has 0 saturated heterocycles. The van der Waals surface area contributed by atoms with Gasteiger partial charge in [-0.15, -0.1) is 0 Å². The lowest BCUT2D eigenvalue weighted by Crippen LogP contribution is -2.21. The Morgan fingerprint density at radius 1 is 1.15 bits per heavy atom. The molecule has 1 amide bonds. The van der Waals surface area contributed by atoms with E-state index < -0.39 is 0 Å². The largest absolute Gasteiger partial charge is 0.455 e. The van der Waals surface area contributed by atoms with Gasteiger partial charge in [-0.2, -0.15) is 0 Å². The number of nitrogen functional groups attached to an aromatic ring is 1. The van der Waals surface area contributed by atoms with Crippen LogP contribution < -0.4 is 10.5 Å². The number of anilines is 1. The Morgan fingerprint density at radius 3 is 2.50 bits per heavy atom. The molecule has 2 aromatic carbocycles. The molecule has 2 aromatic rings. The monoisotopic (exact) mass is 270 g/mol. The third-order valence-corrected chi connectivity index (χ3v) is 2.88. The normalized spacial score (nSPS) is 10.2. The second-order valence-corrected chi connectivity index (χ2v) is 4.87. The van der Waals surface area contributed by atoms with E-state index in [1.54, 1.807) is 32.3 Å². The summed E-state index contributed by atoms with van der Waals surface area (Å²) >= 11 is 0. The molecule has 0 atom stereocenters. The Balaban J connectivity index is 2.24. The summed E-state index contributed by atoms with van der Waals surface area (Å²) in [6.45, 7) is 2.00. The van der Waals surface area contributed by atoms with Gasteiger partial charge >= 0.3 is 0 Å². The van der Waals surface area contributed by atoms with Gasteiger partial charge in [0.1, 0.15) is 11.5 Å². The van der Waals surface area contributed by atoms with Crippen molar-refractivity contribution >= 4 is 11.6 Å². The van der Waals surface area contributed by atoms with Crippen LogP contribution in [0.3, 0.4) is 0 Å². The van der Waals surface area contributed by atoms with E-state index >= 15 is 0 Å². The van der Waals surface area contributed by atoms with Crippen molar-refractivity contribution in [2.45, 2.75) is 6.92 Å². The topological polar surface area (TPSA) is 55.6 Å². The number of amides is 1. The summed E-state index contributed by atoms with van der Waals surface area (Å²) in [5, 5.41) is 0. The average molecular weight is 270 g/mol. The van der Waals surface area contributed by atoms with Crippen molar-refractivity contribution < 1.29 is 9.53 Å². The van der Waals surface area contributed by atoms with Crippen LogP contribution in [0.4, 0.5) is 5.69 Å². The Bertz CT molecular complexity index is 636. The second kappa shape index (κ2) is 5.65. The molecule has 0 fully saturated rings. The van der Waals surface area contributed by atoms with Crippen LogP contribution >= 0.6 is 0 Å². The first-order valence-electron chi connectivity index (χ1n) is 6.33. The van der Waals surface area contributed by atoms with Gasteiger partial charge < -0.3 is 15.4 Å². The number of nitrogens with two attached hydrogens (primary N) is 1. The molecule has 0 aromatic heterocycles. The van der Waals surface area contributed by atoms with Crippen LogP contribution in [0.15, 0.2) is 42.5 Å². The minimum atomic E-state index is -0.0844. The van der Waals surface area contributed by atoms with Crippen LogP contribution in [0.1, 0.15) is 15.9 Å². The summed E-state index contributed by atoms with van der Waals surface area (Å²) in [5.41, 5.74) is 8.05. The Kier molecular flexibility index (Phi) is 3.94. The third-order valence-electron chi connectivity index (χ3n) is 2.88. The maximum absolute atomic E-state index is 11.8. The number of carbonyl (C=O) groups excluding carboxylic acids is 1. The van der Waals surface area contributed by atoms with Crippen molar-refractivity contribution in [2.75, 3.05) is 19.8 Å². The van der Waals surface area contributed by atoms with E-state index in [0.29, 0.717) is 17.0 Å². The third kappa shape index (κ3) is 3.09. The molecule has 4 nitrogen and oxygen atoms in total. The summed E-state index contributed by atoms with van der Waals surface area (Å²) in [5.74, 6) is 1.19. The van der Waals surface area contributed by atoms with Gasteiger partial charge in [-0.3, -0.25) is 4.79 Å². The number of hydrogen-bond donors (Lipinski definition) is 1. The minimum absolute atomic E-state index is 0.0844. The molecular weight excluding hydrogens is 252 g/mol. The zero-order valence-corrected chi connectivity index (χ0v) is 11.9. The lowest BCUT2D eigenvalue weighted by molar-refractivity contribution is 0.0827. The van der Waals surface area contributed by atoms with Crippen LogP contribution in [-0.4, -0.2) is 24.9 Å². The van der Waals surface area contributed by atoms with Crippen LogP contribution in [0.2, 0.25) is 0 Å². The lowest BCUT2D eigenvalue weighted by atomic mass is 10.1. The molecule has 0 radical (unpaired) electrons.